The number of benzene rings is 1. The summed E-state index contributed by atoms with van der Waals surface area (Å²) in [6.07, 6.45) is 0.933. The summed E-state index contributed by atoms with van der Waals surface area (Å²) >= 11 is 0. The van der Waals surface area contributed by atoms with Crippen molar-refractivity contribution in [3.63, 3.8) is 0 Å². The van der Waals surface area contributed by atoms with E-state index in [9.17, 15) is 9.90 Å². The lowest BCUT2D eigenvalue weighted by Crippen LogP contribution is -2.25. The fraction of sp³-hybridized carbons (Fsp3) is 0.462. The molecule has 0 aliphatic rings. The molecular weight excluding hydrogens is 218 g/mol. The Morgan fingerprint density at radius 1 is 1.41 bits per heavy atom. The van der Waals surface area contributed by atoms with Gasteiger partial charge in [0, 0.05) is 12.1 Å². The predicted octanol–water partition coefficient (Wildman–Crippen LogP) is 1.52. The summed E-state index contributed by atoms with van der Waals surface area (Å²) in [7, 11) is 0. The smallest absolute Gasteiger partial charge is 0.335 e. The van der Waals surface area contributed by atoms with Crippen LogP contribution >= 0.6 is 0 Å². The van der Waals surface area contributed by atoms with Crippen LogP contribution in [0.1, 0.15) is 25.3 Å². The van der Waals surface area contributed by atoms with Gasteiger partial charge in [0.15, 0.2) is 6.10 Å². The second-order valence-electron chi connectivity index (χ2n) is 3.98. The average Bonchev–Trinajstić information content (AvgIpc) is 2.32. The lowest BCUT2D eigenvalue weighted by Gasteiger charge is -2.10. The molecule has 17 heavy (non-hydrogen) atoms. The first-order chi connectivity index (χ1) is 8.13. The third-order valence-corrected chi connectivity index (χ3v) is 2.42. The fourth-order valence-corrected chi connectivity index (χ4v) is 1.37. The maximum atomic E-state index is 11.4. The first-order valence-corrected chi connectivity index (χ1v) is 5.82. The highest BCUT2D eigenvalue weighted by molar-refractivity contribution is 5.74. The van der Waals surface area contributed by atoms with E-state index in [-0.39, 0.29) is 6.42 Å². The topological polar surface area (TPSA) is 72.5 Å². The number of nitrogens with two attached hydrogens (primary N) is 1. The minimum Gasteiger partial charge on any atom is -0.464 e. The summed E-state index contributed by atoms with van der Waals surface area (Å²) in [5, 5.41) is 9.63. The van der Waals surface area contributed by atoms with Gasteiger partial charge in [-0.25, -0.2) is 4.79 Å². The van der Waals surface area contributed by atoms with Gasteiger partial charge in [-0.1, -0.05) is 25.5 Å². The number of anilines is 1. The van der Waals surface area contributed by atoms with Crippen LogP contribution in [0.3, 0.4) is 0 Å². The number of nitrogen functional groups attached to an aromatic ring is 1. The number of aliphatic hydroxyl groups excluding tert-OH is 1. The van der Waals surface area contributed by atoms with Crippen molar-refractivity contribution >= 4 is 11.7 Å². The number of carbonyl (C=O) groups excluding carboxylic acids is 1. The zero-order valence-electron chi connectivity index (χ0n) is 10.1. The molecule has 1 aromatic rings. The lowest BCUT2D eigenvalue weighted by atomic mass is 10.1. The molecule has 0 unspecified atom stereocenters. The van der Waals surface area contributed by atoms with Gasteiger partial charge >= 0.3 is 5.97 Å². The van der Waals surface area contributed by atoms with E-state index in [1.54, 1.807) is 24.3 Å². The van der Waals surface area contributed by atoms with Gasteiger partial charge in [0.2, 0.25) is 0 Å². The Morgan fingerprint density at radius 2 is 2.06 bits per heavy atom. The van der Waals surface area contributed by atoms with Gasteiger partial charge in [0.05, 0.1) is 6.61 Å². The summed E-state index contributed by atoms with van der Waals surface area (Å²) in [6, 6.07) is 7.06. The minimum absolute atomic E-state index is 0.255. The summed E-state index contributed by atoms with van der Waals surface area (Å²) in [5.74, 6) is -0.560. The molecule has 0 aliphatic heterocycles. The molecule has 0 aliphatic carbocycles. The van der Waals surface area contributed by atoms with Crippen molar-refractivity contribution in [1.29, 1.82) is 0 Å². The van der Waals surface area contributed by atoms with Crippen LogP contribution < -0.4 is 5.73 Å². The molecule has 3 N–H and O–H groups in total. The number of ether oxygens (including phenoxy) is 1. The second-order valence-corrected chi connectivity index (χ2v) is 3.98. The molecule has 4 nitrogen and oxygen atoms in total. The minimum atomic E-state index is -1.10. The number of hydrogen-bond donors (Lipinski definition) is 2. The van der Waals surface area contributed by atoms with Gasteiger partial charge in [-0.15, -0.1) is 0 Å². The summed E-state index contributed by atoms with van der Waals surface area (Å²) in [5.41, 5.74) is 7.07. The molecule has 0 fully saturated rings. The molecule has 0 spiro atoms. The summed E-state index contributed by atoms with van der Waals surface area (Å²) in [6.45, 7) is 2.38. The number of rotatable bonds is 6. The van der Waals surface area contributed by atoms with Crippen LogP contribution in [0.25, 0.3) is 0 Å². The van der Waals surface area contributed by atoms with E-state index in [1.165, 1.54) is 0 Å². The number of aliphatic hydroxyl groups is 1. The third-order valence-electron chi connectivity index (χ3n) is 2.42. The molecule has 1 aromatic carbocycles. The summed E-state index contributed by atoms with van der Waals surface area (Å²) in [4.78, 5) is 11.4. The first-order valence-electron chi connectivity index (χ1n) is 5.82. The molecule has 0 radical (unpaired) electrons. The maximum Gasteiger partial charge on any atom is 0.335 e. The van der Waals surface area contributed by atoms with E-state index in [0.717, 1.165) is 18.4 Å². The molecule has 0 aromatic heterocycles. The van der Waals surface area contributed by atoms with Crippen molar-refractivity contribution in [2.45, 2.75) is 32.3 Å². The van der Waals surface area contributed by atoms with Crippen molar-refractivity contribution in [2.24, 2.45) is 0 Å². The molecule has 1 rings (SSSR count). The Hall–Kier alpha value is -1.55. The molecule has 0 heterocycles. The molecule has 4 heteroatoms. The Kier molecular flexibility index (Phi) is 5.49. The zero-order chi connectivity index (χ0) is 12.7. The van der Waals surface area contributed by atoms with Gasteiger partial charge in [0.25, 0.3) is 0 Å². The monoisotopic (exact) mass is 237 g/mol. The number of unbranched alkanes of at least 4 members (excludes halogenated alkanes) is 1. The van der Waals surface area contributed by atoms with Crippen molar-refractivity contribution in [3.05, 3.63) is 29.8 Å². The van der Waals surface area contributed by atoms with Gasteiger partial charge in [0.1, 0.15) is 0 Å². The number of hydrogen-bond acceptors (Lipinski definition) is 4. The molecule has 0 saturated carbocycles. The van der Waals surface area contributed by atoms with Crippen LogP contribution in [0.15, 0.2) is 24.3 Å². The highest BCUT2D eigenvalue weighted by Gasteiger charge is 2.16. The highest BCUT2D eigenvalue weighted by Crippen LogP contribution is 2.08. The third kappa shape index (κ3) is 4.87. The number of esters is 1. The van der Waals surface area contributed by atoms with Gasteiger partial charge < -0.3 is 15.6 Å². The Morgan fingerprint density at radius 3 is 2.65 bits per heavy atom. The highest BCUT2D eigenvalue weighted by atomic mass is 16.5. The molecule has 0 saturated heterocycles. The van der Waals surface area contributed by atoms with Crippen molar-refractivity contribution < 1.29 is 14.6 Å². The van der Waals surface area contributed by atoms with Crippen LogP contribution in [0.4, 0.5) is 5.69 Å². The molecule has 0 amide bonds. The number of carbonyl (C=O) groups is 1. The largest absolute Gasteiger partial charge is 0.464 e. The zero-order valence-corrected chi connectivity index (χ0v) is 10.1. The first kappa shape index (κ1) is 13.5. The Labute approximate surface area is 101 Å². The molecular formula is C13H19NO3. The van der Waals surface area contributed by atoms with Crippen molar-refractivity contribution in [2.75, 3.05) is 12.3 Å². The van der Waals surface area contributed by atoms with E-state index >= 15 is 0 Å². The lowest BCUT2D eigenvalue weighted by molar-refractivity contribution is -0.153. The second kappa shape index (κ2) is 6.91. The van der Waals surface area contributed by atoms with Gasteiger partial charge in [-0.2, -0.15) is 0 Å². The molecule has 1 atom stereocenters. The Balaban J connectivity index is 2.40. The predicted molar refractivity (Wildman–Crippen MR) is 66.4 cm³/mol. The SMILES string of the molecule is CCCCOC(=O)[C@H](O)Cc1ccc(N)cc1. The van der Waals surface area contributed by atoms with Crippen LogP contribution in [-0.4, -0.2) is 23.8 Å². The Bertz CT molecular complexity index is 348. The van der Waals surface area contributed by atoms with Crippen LogP contribution in [-0.2, 0) is 16.0 Å². The van der Waals surface area contributed by atoms with Crippen molar-refractivity contribution in [1.82, 2.24) is 0 Å². The van der Waals surface area contributed by atoms with Crippen molar-refractivity contribution in [3.8, 4) is 0 Å². The van der Waals surface area contributed by atoms with E-state index in [0.29, 0.717) is 12.3 Å². The van der Waals surface area contributed by atoms with Crippen LogP contribution in [0.5, 0.6) is 0 Å². The summed E-state index contributed by atoms with van der Waals surface area (Å²) < 4.78 is 4.93. The van der Waals surface area contributed by atoms with E-state index in [4.69, 9.17) is 10.5 Å². The van der Waals surface area contributed by atoms with Gasteiger partial charge in [-0.05, 0) is 24.1 Å². The molecule has 94 valence electrons. The van der Waals surface area contributed by atoms with E-state index in [1.807, 2.05) is 6.92 Å². The van der Waals surface area contributed by atoms with E-state index in [2.05, 4.69) is 0 Å². The standard InChI is InChI=1S/C13H19NO3/c1-2-3-8-17-13(16)12(15)9-10-4-6-11(14)7-5-10/h4-7,12,15H,2-3,8-9,14H2,1H3/t12-/m1/s1. The quantitative estimate of drug-likeness (QED) is 0.447. The molecule has 0 bridgehead atoms. The fourth-order valence-electron chi connectivity index (χ4n) is 1.37. The van der Waals surface area contributed by atoms with E-state index < -0.39 is 12.1 Å². The van der Waals surface area contributed by atoms with Gasteiger partial charge in [-0.3, -0.25) is 0 Å². The maximum absolute atomic E-state index is 11.4. The average molecular weight is 237 g/mol. The van der Waals surface area contributed by atoms with Crippen LogP contribution in [0.2, 0.25) is 0 Å². The normalized spacial score (nSPS) is 12.1. The van der Waals surface area contributed by atoms with Crippen LogP contribution in [0, 0.1) is 0 Å².